The fourth-order valence-corrected chi connectivity index (χ4v) is 3.38. The first-order valence-electron chi connectivity index (χ1n) is 9.35. The summed E-state index contributed by atoms with van der Waals surface area (Å²) in [6.07, 6.45) is 0. The number of hydrogen-bond acceptors (Lipinski definition) is 6. The lowest BCUT2D eigenvalue weighted by Gasteiger charge is -2.26. The molecule has 0 unspecified atom stereocenters. The predicted octanol–water partition coefficient (Wildman–Crippen LogP) is 3.22. The lowest BCUT2D eigenvalue weighted by molar-refractivity contribution is -0.114. The number of nitrogens with zero attached hydrogens (tertiary/aromatic N) is 2. The van der Waals surface area contributed by atoms with Crippen molar-refractivity contribution in [3.63, 3.8) is 0 Å². The minimum Gasteiger partial charge on any atom is -0.507 e. The molecule has 3 aromatic rings. The molecule has 0 radical (unpaired) electrons. The maximum atomic E-state index is 14.3. The topological polar surface area (TPSA) is 90.6 Å². The lowest BCUT2D eigenvalue weighted by Crippen LogP contribution is -2.43. The molecule has 0 spiro atoms. The van der Waals surface area contributed by atoms with Crippen molar-refractivity contribution in [3.8, 4) is 28.2 Å². The minimum atomic E-state index is -0.580. The third kappa shape index (κ3) is 3.93. The standard InChI is InChI=1S/C21H21FN4O3/c1-13(27)24-18-6-5-14(11-17(18)22)15-3-2-4-16(21(15)28)19-12-20(25-29-19)26-9-7-23-8-10-26/h2-6,11-12,23,28H,7-10H2,1H3,(H,24,27). The number of benzene rings is 2. The fraction of sp³-hybridized carbons (Fsp3) is 0.238. The van der Waals surface area contributed by atoms with Gasteiger partial charge in [-0.2, -0.15) is 0 Å². The number of nitrogens with one attached hydrogen (secondary N) is 2. The largest absolute Gasteiger partial charge is 0.507 e. The maximum Gasteiger partial charge on any atom is 0.221 e. The van der Waals surface area contributed by atoms with Crippen LogP contribution >= 0.6 is 0 Å². The summed E-state index contributed by atoms with van der Waals surface area (Å²) in [6.45, 7) is 4.73. The van der Waals surface area contributed by atoms with Gasteiger partial charge in [0.25, 0.3) is 0 Å². The van der Waals surface area contributed by atoms with Crippen LogP contribution in [0.4, 0.5) is 15.9 Å². The van der Waals surface area contributed by atoms with Gasteiger partial charge in [0.15, 0.2) is 11.6 Å². The molecule has 8 heteroatoms. The van der Waals surface area contributed by atoms with Crippen LogP contribution < -0.4 is 15.5 Å². The van der Waals surface area contributed by atoms with E-state index in [1.807, 2.05) is 0 Å². The highest BCUT2D eigenvalue weighted by Gasteiger charge is 2.19. The second-order valence-electron chi connectivity index (χ2n) is 6.86. The Balaban J connectivity index is 1.65. The number of amides is 1. The summed E-state index contributed by atoms with van der Waals surface area (Å²) in [5.74, 6) is 0.197. The van der Waals surface area contributed by atoms with Crippen LogP contribution in [0, 0.1) is 5.82 Å². The van der Waals surface area contributed by atoms with Crippen LogP contribution in [0.25, 0.3) is 22.5 Å². The maximum absolute atomic E-state index is 14.3. The summed E-state index contributed by atoms with van der Waals surface area (Å²) >= 11 is 0. The van der Waals surface area contributed by atoms with Crippen molar-refractivity contribution >= 4 is 17.4 Å². The van der Waals surface area contributed by atoms with E-state index in [1.54, 1.807) is 30.3 Å². The van der Waals surface area contributed by atoms with Crippen molar-refractivity contribution in [3.05, 3.63) is 48.3 Å². The van der Waals surface area contributed by atoms with Gasteiger partial charge in [-0.25, -0.2) is 4.39 Å². The Labute approximate surface area is 167 Å². The zero-order valence-electron chi connectivity index (χ0n) is 15.9. The van der Waals surface area contributed by atoms with E-state index >= 15 is 0 Å². The second kappa shape index (κ2) is 7.92. The highest BCUT2D eigenvalue weighted by molar-refractivity contribution is 5.89. The molecule has 0 saturated carbocycles. The average Bonchev–Trinajstić information content (AvgIpc) is 3.20. The van der Waals surface area contributed by atoms with Crippen molar-refractivity contribution in [1.82, 2.24) is 10.5 Å². The molecule has 1 aliphatic heterocycles. The first kappa shape index (κ1) is 18.9. The predicted molar refractivity (Wildman–Crippen MR) is 108 cm³/mol. The van der Waals surface area contributed by atoms with Crippen LogP contribution in [0.1, 0.15) is 6.92 Å². The number of aromatic hydroxyl groups is 1. The molecule has 7 nitrogen and oxygen atoms in total. The molecule has 1 aromatic heterocycles. The summed E-state index contributed by atoms with van der Waals surface area (Å²) in [5, 5.41) is 20.7. The third-order valence-electron chi connectivity index (χ3n) is 4.83. The van der Waals surface area contributed by atoms with Crippen molar-refractivity contribution in [2.24, 2.45) is 0 Å². The van der Waals surface area contributed by atoms with Crippen LogP contribution in [0.2, 0.25) is 0 Å². The van der Waals surface area contributed by atoms with Gasteiger partial charge < -0.3 is 25.2 Å². The molecule has 1 aliphatic rings. The number of piperazine rings is 1. The number of phenols is 1. The SMILES string of the molecule is CC(=O)Nc1ccc(-c2cccc(-c3cc(N4CCNCC4)no3)c2O)cc1F. The average molecular weight is 396 g/mol. The van der Waals surface area contributed by atoms with Crippen LogP contribution in [0.5, 0.6) is 5.75 Å². The molecule has 0 atom stereocenters. The van der Waals surface area contributed by atoms with E-state index in [9.17, 15) is 14.3 Å². The number of aromatic nitrogens is 1. The number of phenolic OH excluding ortho intramolecular Hbond substituents is 1. The van der Waals surface area contributed by atoms with Gasteiger partial charge in [0, 0.05) is 44.7 Å². The summed E-state index contributed by atoms with van der Waals surface area (Å²) < 4.78 is 19.8. The number of para-hydroxylation sites is 1. The Kier molecular flexibility index (Phi) is 5.18. The van der Waals surface area contributed by atoms with Crippen molar-refractivity contribution < 1.29 is 18.8 Å². The molecule has 29 heavy (non-hydrogen) atoms. The first-order valence-corrected chi connectivity index (χ1v) is 9.35. The van der Waals surface area contributed by atoms with Gasteiger partial charge >= 0.3 is 0 Å². The van der Waals surface area contributed by atoms with E-state index in [-0.39, 0.29) is 17.3 Å². The minimum absolute atomic E-state index is 0.0258. The summed E-state index contributed by atoms with van der Waals surface area (Å²) in [7, 11) is 0. The van der Waals surface area contributed by atoms with Gasteiger partial charge in [-0.05, 0) is 23.8 Å². The summed E-state index contributed by atoms with van der Waals surface area (Å²) in [4.78, 5) is 13.3. The molecule has 0 bridgehead atoms. The van der Waals surface area contributed by atoms with Gasteiger partial charge in [0.2, 0.25) is 5.91 Å². The summed E-state index contributed by atoms with van der Waals surface area (Å²) in [5.41, 5.74) is 1.50. The van der Waals surface area contributed by atoms with E-state index in [0.29, 0.717) is 22.5 Å². The van der Waals surface area contributed by atoms with E-state index in [4.69, 9.17) is 4.52 Å². The number of rotatable bonds is 4. The molecule has 3 N–H and O–H groups in total. The van der Waals surface area contributed by atoms with E-state index < -0.39 is 5.82 Å². The Hall–Kier alpha value is -3.39. The molecule has 1 amide bonds. The smallest absolute Gasteiger partial charge is 0.221 e. The van der Waals surface area contributed by atoms with Crippen LogP contribution in [-0.4, -0.2) is 42.3 Å². The lowest BCUT2D eigenvalue weighted by atomic mass is 9.99. The number of carbonyl (C=O) groups excluding carboxylic acids is 1. The number of carbonyl (C=O) groups is 1. The van der Waals surface area contributed by atoms with Gasteiger partial charge in [0.1, 0.15) is 11.6 Å². The molecule has 4 rings (SSSR count). The fourth-order valence-electron chi connectivity index (χ4n) is 3.38. The molecule has 2 aromatic carbocycles. The highest BCUT2D eigenvalue weighted by atomic mass is 19.1. The zero-order valence-corrected chi connectivity index (χ0v) is 15.9. The number of anilines is 2. The normalized spacial score (nSPS) is 14.1. The number of halogens is 1. The summed E-state index contributed by atoms with van der Waals surface area (Å²) in [6, 6.07) is 11.4. The van der Waals surface area contributed by atoms with Crippen molar-refractivity contribution in [2.75, 3.05) is 36.4 Å². The van der Waals surface area contributed by atoms with Gasteiger partial charge in [-0.1, -0.05) is 23.4 Å². The van der Waals surface area contributed by atoms with Crippen LogP contribution in [-0.2, 0) is 4.79 Å². The molecular weight excluding hydrogens is 375 g/mol. The second-order valence-corrected chi connectivity index (χ2v) is 6.86. The van der Waals surface area contributed by atoms with Gasteiger partial charge in [-0.3, -0.25) is 4.79 Å². The zero-order chi connectivity index (χ0) is 20.4. The molecule has 1 saturated heterocycles. The molecule has 2 heterocycles. The highest BCUT2D eigenvalue weighted by Crippen LogP contribution is 2.39. The van der Waals surface area contributed by atoms with Gasteiger partial charge in [-0.15, -0.1) is 0 Å². The van der Waals surface area contributed by atoms with E-state index in [1.165, 1.54) is 19.1 Å². The van der Waals surface area contributed by atoms with Crippen molar-refractivity contribution in [2.45, 2.75) is 6.92 Å². The molecule has 0 aliphatic carbocycles. The molecule has 1 fully saturated rings. The van der Waals surface area contributed by atoms with Crippen LogP contribution in [0.3, 0.4) is 0 Å². The Morgan fingerprint density at radius 1 is 1.21 bits per heavy atom. The Bertz CT molecular complexity index is 1040. The van der Waals surface area contributed by atoms with E-state index in [2.05, 4.69) is 20.7 Å². The molecular formula is C21H21FN4O3. The Morgan fingerprint density at radius 3 is 2.69 bits per heavy atom. The number of hydrogen-bond donors (Lipinski definition) is 3. The quantitative estimate of drug-likeness (QED) is 0.627. The van der Waals surface area contributed by atoms with E-state index in [0.717, 1.165) is 32.0 Å². The van der Waals surface area contributed by atoms with Crippen LogP contribution in [0.15, 0.2) is 47.0 Å². The third-order valence-corrected chi connectivity index (χ3v) is 4.83. The van der Waals surface area contributed by atoms with Gasteiger partial charge in [0.05, 0.1) is 11.3 Å². The molecule has 150 valence electrons. The Morgan fingerprint density at radius 2 is 1.97 bits per heavy atom. The first-order chi connectivity index (χ1) is 14.0. The monoisotopic (exact) mass is 396 g/mol. The van der Waals surface area contributed by atoms with Crippen molar-refractivity contribution in [1.29, 1.82) is 0 Å².